The number of carbonyl (C=O) groups excluding carboxylic acids is 2. The number of carbonyl (C=O) groups is 2. The topological polar surface area (TPSA) is 88.4 Å². The van der Waals surface area contributed by atoms with Crippen LogP contribution in [0.1, 0.15) is 22.4 Å². The second-order valence-electron chi connectivity index (χ2n) is 5.63. The molecular formula is C18H15BrN2O4S. The van der Waals surface area contributed by atoms with E-state index in [9.17, 15) is 14.9 Å². The number of benzene rings is 1. The minimum atomic E-state index is -0.644. The van der Waals surface area contributed by atoms with Crippen LogP contribution in [0.3, 0.4) is 0 Å². The smallest absolute Gasteiger partial charge is 0.344 e. The first-order chi connectivity index (χ1) is 12.6. The van der Waals surface area contributed by atoms with Crippen LogP contribution in [0.5, 0.6) is 5.75 Å². The van der Waals surface area contributed by atoms with Gasteiger partial charge >= 0.3 is 5.97 Å². The molecule has 6 nitrogen and oxygen atoms in total. The monoisotopic (exact) mass is 434 g/mol. The van der Waals surface area contributed by atoms with Gasteiger partial charge in [-0.25, -0.2) is 4.79 Å². The number of anilines is 1. The Labute approximate surface area is 162 Å². The van der Waals surface area contributed by atoms with E-state index in [0.29, 0.717) is 16.3 Å². The zero-order valence-electron chi connectivity index (χ0n) is 13.7. The maximum atomic E-state index is 12.0. The summed E-state index contributed by atoms with van der Waals surface area (Å²) in [4.78, 5) is 24.8. The fraction of sp³-hybridized carbons (Fsp3) is 0.278. The number of halogens is 1. The molecule has 1 aliphatic rings. The molecule has 0 fully saturated rings. The Kier molecular flexibility index (Phi) is 5.91. The van der Waals surface area contributed by atoms with E-state index >= 15 is 0 Å². The van der Waals surface area contributed by atoms with E-state index in [1.165, 1.54) is 11.3 Å². The molecule has 0 radical (unpaired) electrons. The van der Waals surface area contributed by atoms with E-state index in [0.717, 1.165) is 34.2 Å². The Morgan fingerprint density at radius 3 is 2.92 bits per heavy atom. The molecule has 0 saturated carbocycles. The highest BCUT2D eigenvalue weighted by molar-refractivity contribution is 9.10. The Morgan fingerprint density at radius 2 is 2.15 bits per heavy atom. The minimum absolute atomic E-state index is 0.291. The van der Waals surface area contributed by atoms with Crippen LogP contribution in [0, 0.1) is 11.3 Å². The molecule has 1 heterocycles. The number of rotatable bonds is 6. The maximum Gasteiger partial charge on any atom is 0.344 e. The molecule has 1 aromatic carbocycles. The van der Waals surface area contributed by atoms with Crippen molar-refractivity contribution in [1.29, 1.82) is 5.26 Å². The highest BCUT2D eigenvalue weighted by atomic mass is 79.9. The van der Waals surface area contributed by atoms with Crippen LogP contribution in [0.2, 0.25) is 0 Å². The predicted octanol–water partition coefficient (Wildman–Crippen LogP) is 3.43. The summed E-state index contributed by atoms with van der Waals surface area (Å²) in [7, 11) is 0. The third kappa shape index (κ3) is 4.42. The fourth-order valence-electron chi connectivity index (χ4n) is 2.66. The molecule has 2 aromatic rings. The fourth-order valence-corrected chi connectivity index (χ4v) is 4.29. The normalized spacial score (nSPS) is 12.2. The Hall–Kier alpha value is -2.37. The lowest BCUT2D eigenvalue weighted by Gasteiger charge is -2.08. The Morgan fingerprint density at radius 1 is 1.31 bits per heavy atom. The Balaban J connectivity index is 1.47. The van der Waals surface area contributed by atoms with Crippen LogP contribution < -0.4 is 10.1 Å². The molecule has 1 aliphatic carbocycles. The van der Waals surface area contributed by atoms with Crippen molar-refractivity contribution in [3.63, 3.8) is 0 Å². The molecule has 1 amide bonds. The van der Waals surface area contributed by atoms with Gasteiger partial charge in [-0.2, -0.15) is 5.26 Å². The van der Waals surface area contributed by atoms with Crippen molar-refractivity contribution in [2.24, 2.45) is 0 Å². The van der Waals surface area contributed by atoms with Gasteiger partial charge < -0.3 is 14.8 Å². The standard InChI is InChI=1S/C18H15BrN2O4S/c19-11-3-1-4-12(7-11)24-10-17(23)25-9-16(22)21-18-14(8-20)13-5-2-6-15(13)26-18/h1,3-4,7H,2,5-6,9-10H2,(H,21,22). The summed E-state index contributed by atoms with van der Waals surface area (Å²) >= 11 is 4.73. The SMILES string of the molecule is N#Cc1c(NC(=O)COC(=O)COc2cccc(Br)c2)sc2c1CCC2. The number of fused-ring (bicyclic) bond motifs is 1. The molecule has 1 aromatic heterocycles. The summed E-state index contributed by atoms with van der Waals surface area (Å²) in [6, 6.07) is 9.21. The van der Waals surface area contributed by atoms with Gasteiger partial charge in [-0.3, -0.25) is 4.79 Å². The van der Waals surface area contributed by atoms with Crippen LogP contribution in [0.25, 0.3) is 0 Å². The lowest BCUT2D eigenvalue weighted by Crippen LogP contribution is -2.23. The minimum Gasteiger partial charge on any atom is -0.482 e. The van der Waals surface area contributed by atoms with Crippen LogP contribution in [-0.2, 0) is 27.2 Å². The van der Waals surface area contributed by atoms with Crippen molar-refractivity contribution < 1.29 is 19.1 Å². The van der Waals surface area contributed by atoms with E-state index in [-0.39, 0.29) is 6.61 Å². The second kappa shape index (κ2) is 8.34. The van der Waals surface area contributed by atoms with Crippen molar-refractivity contribution in [3.8, 4) is 11.8 Å². The first kappa shape index (κ1) is 18.4. The van der Waals surface area contributed by atoms with Crippen LogP contribution in [0.15, 0.2) is 28.7 Å². The zero-order valence-corrected chi connectivity index (χ0v) is 16.1. The molecule has 26 heavy (non-hydrogen) atoms. The molecular weight excluding hydrogens is 420 g/mol. The van der Waals surface area contributed by atoms with Crippen LogP contribution in [-0.4, -0.2) is 25.1 Å². The predicted molar refractivity (Wildman–Crippen MR) is 100 cm³/mol. The van der Waals surface area contributed by atoms with E-state index < -0.39 is 18.5 Å². The average molecular weight is 435 g/mol. The number of thiophene rings is 1. The van der Waals surface area contributed by atoms with Crippen molar-refractivity contribution in [2.45, 2.75) is 19.3 Å². The molecule has 0 unspecified atom stereocenters. The van der Waals surface area contributed by atoms with Gasteiger partial charge in [-0.05, 0) is 43.0 Å². The van der Waals surface area contributed by atoms with E-state index in [2.05, 4.69) is 27.3 Å². The van der Waals surface area contributed by atoms with E-state index in [4.69, 9.17) is 9.47 Å². The van der Waals surface area contributed by atoms with Crippen molar-refractivity contribution in [2.75, 3.05) is 18.5 Å². The number of amides is 1. The number of nitriles is 1. The van der Waals surface area contributed by atoms with Gasteiger partial charge in [0.15, 0.2) is 13.2 Å². The molecule has 0 saturated heterocycles. The summed E-state index contributed by atoms with van der Waals surface area (Å²) in [5, 5.41) is 12.5. The maximum absolute atomic E-state index is 12.0. The van der Waals surface area contributed by atoms with Crippen LogP contribution >= 0.6 is 27.3 Å². The molecule has 0 spiro atoms. The summed E-state index contributed by atoms with van der Waals surface area (Å²) in [5.41, 5.74) is 1.56. The quantitative estimate of drug-likeness (QED) is 0.703. The molecule has 1 N–H and O–H groups in total. The first-order valence-corrected chi connectivity index (χ1v) is 9.56. The average Bonchev–Trinajstić information content (AvgIpc) is 3.18. The van der Waals surface area contributed by atoms with Gasteiger partial charge in [0, 0.05) is 9.35 Å². The van der Waals surface area contributed by atoms with Gasteiger partial charge in [0.05, 0.1) is 5.56 Å². The van der Waals surface area contributed by atoms with Gasteiger partial charge in [-0.15, -0.1) is 11.3 Å². The second-order valence-corrected chi connectivity index (χ2v) is 7.65. The van der Waals surface area contributed by atoms with Crippen molar-refractivity contribution >= 4 is 44.1 Å². The summed E-state index contributed by atoms with van der Waals surface area (Å²) < 4.78 is 11.0. The zero-order chi connectivity index (χ0) is 18.5. The van der Waals surface area contributed by atoms with Gasteiger partial charge in [0.2, 0.25) is 0 Å². The first-order valence-electron chi connectivity index (χ1n) is 7.95. The van der Waals surface area contributed by atoms with Gasteiger partial charge in [0.25, 0.3) is 5.91 Å². The number of esters is 1. The number of nitrogens with zero attached hydrogens (tertiary/aromatic N) is 1. The summed E-state index contributed by atoms with van der Waals surface area (Å²) in [5.74, 6) is -0.598. The van der Waals surface area contributed by atoms with E-state index in [1.54, 1.807) is 18.2 Å². The number of hydrogen-bond donors (Lipinski definition) is 1. The van der Waals surface area contributed by atoms with Gasteiger partial charge in [0.1, 0.15) is 16.8 Å². The lowest BCUT2D eigenvalue weighted by molar-refractivity contribution is -0.149. The molecule has 134 valence electrons. The van der Waals surface area contributed by atoms with E-state index in [1.807, 2.05) is 6.07 Å². The third-order valence-electron chi connectivity index (χ3n) is 3.80. The van der Waals surface area contributed by atoms with Crippen molar-refractivity contribution in [1.82, 2.24) is 0 Å². The molecule has 0 bridgehead atoms. The number of ether oxygens (including phenoxy) is 2. The largest absolute Gasteiger partial charge is 0.482 e. The third-order valence-corrected chi connectivity index (χ3v) is 5.50. The van der Waals surface area contributed by atoms with Gasteiger partial charge in [-0.1, -0.05) is 22.0 Å². The molecule has 3 rings (SSSR count). The highest BCUT2D eigenvalue weighted by Gasteiger charge is 2.23. The number of aryl methyl sites for hydroxylation is 1. The summed E-state index contributed by atoms with van der Waals surface area (Å²) in [6.45, 7) is -0.714. The molecule has 0 atom stereocenters. The highest BCUT2D eigenvalue weighted by Crippen LogP contribution is 2.38. The van der Waals surface area contributed by atoms with Crippen LogP contribution in [0.4, 0.5) is 5.00 Å². The number of hydrogen-bond acceptors (Lipinski definition) is 6. The lowest BCUT2D eigenvalue weighted by atomic mass is 10.1. The summed E-state index contributed by atoms with van der Waals surface area (Å²) in [6.07, 6.45) is 2.85. The molecule has 8 heteroatoms. The van der Waals surface area contributed by atoms with Crippen molar-refractivity contribution in [3.05, 3.63) is 44.7 Å². The molecule has 0 aliphatic heterocycles. The Bertz CT molecular complexity index is 888. The number of nitrogens with one attached hydrogen (secondary N) is 1.